The fourth-order valence-electron chi connectivity index (χ4n) is 3.56. The first-order valence-corrected chi connectivity index (χ1v) is 10.6. The molecule has 1 aliphatic rings. The molecular weight excluding hydrogens is 374 g/mol. The van der Waals surface area contributed by atoms with Crippen LogP contribution in [0.5, 0.6) is 0 Å². The molecule has 28 heavy (non-hydrogen) atoms. The van der Waals surface area contributed by atoms with Crippen LogP contribution in [0.2, 0.25) is 0 Å². The van der Waals surface area contributed by atoms with Gasteiger partial charge in [-0.25, -0.2) is 4.98 Å². The van der Waals surface area contributed by atoms with Crippen LogP contribution < -0.4 is 10.6 Å². The summed E-state index contributed by atoms with van der Waals surface area (Å²) in [5.74, 6) is -1.25. The second-order valence-corrected chi connectivity index (χ2v) is 8.08. The summed E-state index contributed by atoms with van der Waals surface area (Å²) >= 11 is 1.41. The zero-order valence-corrected chi connectivity index (χ0v) is 16.5. The standard InChI is InChI=1S/C21H25N3O3S/c25-19(21(27)23-14-18-22-11-12-28-18)17(13-15-7-3-1-4-8-15)24-20(26)16-9-5-2-6-10-16/h2,5-6,9-12,15,17H,1,3-4,7-8,13-14H2,(H,23,27)(H,24,26)/t17-/m1/s1. The highest BCUT2D eigenvalue weighted by atomic mass is 32.1. The molecule has 0 radical (unpaired) electrons. The predicted octanol–water partition coefficient (Wildman–Crippen LogP) is 3.10. The zero-order valence-electron chi connectivity index (χ0n) is 15.7. The fraction of sp³-hybridized carbons (Fsp3) is 0.429. The SMILES string of the molecule is O=C(NCc1nccs1)C(=O)[C@@H](CC1CCCCC1)NC(=O)c1ccccc1. The van der Waals surface area contributed by atoms with Crippen molar-refractivity contribution in [3.63, 3.8) is 0 Å². The Kier molecular flexibility index (Phi) is 7.31. The number of aromatic nitrogens is 1. The Morgan fingerprint density at radius 2 is 1.86 bits per heavy atom. The van der Waals surface area contributed by atoms with Crippen LogP contribution in [0.4, 0.5) is 0 Å². The van der Waals surface area contributed by atoms with Gasteiger partial charge in [0.1, 0.15) is 5.01 Å². The lowest BCUT2D eigenvalue weighted by molar-refractivity contribution is -0.139. The molecule has 1 aromatic heterocycles. The van der Waals surface area contributed by atoms with E-state index in [0.29, 0.717) is 17.9 Å². The van der Waals surface area contributed by atoms with E-state index in [1.54, 1.807) is 30.5 Å². The Bertz CT molecular complexity index is 786. The number of carbonyl (C=O) groups excluding carboxylic acids is 3. The van der Waals surface area contributed by atoms with E-state index in [1.165, 1.54) is 17.8 Å². The molecular formula is C21H25N3O3S. The van der Waals surface area contributed by atoms with Crippen LogP contribution in [0, 0.1) is 5.92 Å². The number of benzene rings is 1. The van der Waals surface area contributed by atoms with Gasteiger partial charge in [0.05, 0.1) is 12.6 Å². The van der Waals surface area contributed by atoms with Crippen LogP contribution in [0.3, 0.4) is 0 Å². The minimum Gasteiger partial charge on any atom is -0.343 e. The molecule has 0 spiro atoms. The van der Waals surface area contributed by atoms with Gasteiger partial charge in [0, 0.05) is 17.1 Å². The van der Waals surface area contributed by atoms with Crippen molar-refractivity contribution in [1.29, 1.82) is 0 Å². The van der Waals surface area contributed by atoms with Crippen molar-refractivity contribution in [3.05, 3.63) is 52.5 Å². The van der Waals surface area contributed by atoms with Crippen molar-refractivity contribution >= 4 is 28.9 Å². The molecule has 2 aromatic rings. The molecule has 1 fully saturated rings. The first kappa shape index (κ1) is 20.2. The van der Waals surface area contributed by atoms with Crippen molar-refractivity contribution < 1.29 is 14.4 Å². The minimum atomic E-state index is -0.813. The quantitative estimate of drug-likeness (QED) is 0.668. The molecule has 6 nitrogen and oxygen atoms in total. The summed E-state index contributed by atoms with van der Waals surface area (Å²) in [4.78, 5) is 41.9. The van der Waals surface area contributed by atoms with Gasteiger partial charge in [-0.15, -0.1) is 11.3 Å². The third-order valence-corrected chi connectivity index (χ3v) is 5.84. The summed E-state index contributed by atoms with van der Waals surface area (Å²) in [6, 6.07) is 7.95. The number of rotatable bonds is 8. The molecule has 7 heteroatoms. The average Bonchev–Trinajstić information content (AvgIpc) is 3.26. The summed E-state index contributed by atoms with van der Waals surface area (Å²) in [6.45, 7) is 0.213. The van der Waals surface area contributed by atoms with E-state index in [9.17, 15) is 14.4 Å². The Hall–Kier alpha value is -2.54. The lowest BCUT2D eigenvalue weighted by atomic mass is 9.84. The molecule has 0 bridgehead atoms. The van der Waals surface area contributed by atoms with E-state index in [1.807, 2.05) is 11.4 Å². The minimum absolute atomic E-state index is 0.213. The lowest BCUT2D eigenvalue weighted by Crippen LogP contribution is -2.48. The Balaban J connectivity index is 1.65. The van der Waals surface area contributed by atoms with Crippen LogP contribution in [0.15, 0.2) is 41.9 Å². The molecule has 0 aliphatic heterocycles. The predicted molar refractivity (Wildman–Crippen MR) is 108 cm³/mol. The van der Waals surface area contributed by atoms with E-state index >= 15 is 0 Å². The lowest BCUT2D eigenvalue weighted by Gasteiger charge is -2.26. The van der Waals surface area contributed by atoms with Gasteiger partial charge >= 0.3 is 0 Å². The van der Waals surface area contributed by atoms with E-state index in [2.05, 4.69) is 15.6 Å². The van der Waals surface area contributed by atoms with Crippen LogP contribution >= 0.6 is 11.3 Å². The zero-order chi connectivity index (χ0) is 19.8. The summed E-state index contributed by atoms with van der Waals surface area (Å²) < 4.78 is 0. The molecule has 1 saturated carbocycles. The number of amides is 2. The molecule has 1 aromatic carbocycles. The fourth-order valence-corrected chi connectivity index (χ4v) is 4.12. The van der Waals surface area contributed by atoms with Crippen molar-refractivity contribution in [2.24, 2.45) is 5.92 Å². The van der Waals surface area contributed by atoms with Crippen molar-refractivity contribution in [1.82, 2.24) is 15.6 Å². The topological polar surface area (TPSA) is 88.2 Å². The Morgan fingerprint density at radius 3 is 2.54 bits per heavy atom. The number of thiazole rings is 1. The first-order valence-electron chi connectivity index (χ1n) is 9.70. The van der Waals surface area contributed by atoms with Crippen LogP contribution in [-0.4, -0.2) is 28.6 Å². The molecule has 1 aliphatic carbocycles. The summed E-state index contributed by atoms with van der Waals surface area (Å²) in [6.07, 6.45) is 7.70. The normalized spacial score (nSPS) is 15.6. The smallest absolute Gasteiger partial charge is 0.289 e. The van der Waals surface area contributed by atoms with E-state index < -0.39 is 17.7 Å². The number of carbonyl (C=O) groups is 3. The first-order chi connectivity index (χ1) is 13.6. The second-order valence-electron chi connectivity index (χ2n) is 7.10. The maximum atomic E-state index is 12.8. The number of Topliss-reactive ketones (excluding diaryl/α,β-unsaturated/α-hetero) is 1. The van der Waals surface area contributed by atoms with Crippen molar-refractivity contribution in [2.45, 2.75) is 51.1 Å². The molecule has 0 saturated heterocycles. The Morgan fingerprint density at radius 1 is 1.11 bits per heavy atom. The summed E-state index contributed by atoms with van der Waals surface area (Å²) in [5.41, 5.74) is 0.479. The molecule has 2 amide bonds. The highest BCUT2D eigenvalue weighted by Crippen LogP contribution is 2.27. The third-order valence-electron chi connectivity index (χ3n) is 5.06. The molecule has 1 heterocycles. The summed E-state index contributed by atoms with van der Waals surface area (Å²) in [7, 11) is 0. The van der Waals surface area contributed by atoms with Gasteiger partial charge in [-0.1, -0.05) is 50.3 Å². The molecule has 0 unspecified atom stereocenters. The van der Waals surface area contributed by atoms with Crippen molar-refractivity contribution in [2.75, 3.05) is 0 Å². The van der Waals surface area contributed by atoms with Gasteiger partial charge in [0.15, 0.2) is 0 Å². The van der Waals surface area contributed by atoms with E-state index in [0.717, 1.165) is 30.7 Å². The third kappa shape index (κ3) is 5.73. The maximum absolute atomic E-state index is 12.8. The van der Waals surface area contributed by atoms with Gasteiger partial charge in [0.25, 0.3) is 11.8 Å². The van der Waals surface area contributed by atoms with Gasteiger partial charge in [-0.3, -0.25) is 14.4 Å². The number of nitrogens with one attached hydrogen (secondary N) is 2. The van der Waals surface area contributed by atoms with Gasteiger partial charge < -0.3 is 10.6 Å². The number of ketones is 1. The van der Waals surface area contributed by atoms with Gasteiger partial charge in [-0.2, -0.15) is 0 Å². The molecule has 2 N–H and O–H groups in total. The maximum Gasteiger partial charge on any atom is 0.289 e. The molecule has 1 atom stereocenters. The Labute approximate surface area is 168 Å². The van der Waals surface area contributed by atoms with Crippen LogP contribution in [0.25, 0.3) is 0 Å². The van der Waals surface area contributed by atoms with Gasteiger partial charge in [0.2, 0.25) is 5.78 Å². The second kappa shape index (κ2) is 10.1. The summed E-state index contributed by atoms with van der Waals surface area (Å²) in [5, 5.41) is 7.97. The van der Waals surface area contributed by atoms with Crippen LogP contribution in [-0.2, 0) is 16.1 Å². The van der Waals surface area contributed by atoms with Gasteiger partial charge in [-0.05, 0) is 24.5 Å². The highest BCUT2D eigenvalue weighted by Gasteiger charge is 2.30. The van der Waals surface area contributed by atoms with Crippen molar-refractivity contribution in [3.8, 4) is 0 Å². The number of hydrogen-bond donors (Lipinski definition) is 2. The number of hydrogen-bond acceptors (Lipinski definition) is 5. The van der Waals surface area contributed by atoms with E-state index in [-0.39, 0.29) is 12.5 Å². The largest absolute Gasteiger partial charge is 0.343 e. The molecule has 148 valence electrons. The number of nitrogens with zero attached hydrogens (tertiary/aromatic N) is 1. The molecule has 3 rings (SSSR count). The monoisotopic (exact) mass is 399 g/mol. The van der Waals surface area contributed by atoms with E-state index in [4.69, 9.17) is 0 Å². The van der Waals surface area contributed by atoms with Crippen LogP contribution in [0.1, 0.15) is 53.9 Å². The average molecular weight is 400 g/mol. The highest BCUT2D eigenvalue weighted by molar-refractivity contribution is 7.09.